The van der Waals surface area contributed by atoms with Crippen molar-refractivity contribution in [1.82, 2.24) is 23.9 Å². The van der Waals surface area contributed by atoms with Gasteiger partial charge >= 0.3 is 17.9 Å². The highest BCUT2D eigenvalue weighted by Gasteiger charge is 2.39. The predicted octanol–water partition coefficient (Wildman–Crippen LogP) is 4.43. The Bertz CT molecular complexity index is 1570. The lowest BCUT2D eigenvalue weighted by Crippen LogP contribution is -2.43. The quantitative estimate of drug-likeness (QED) is 0.331. The van der Waals surface area contributed by atoms with Gasteiger partial charge in [-0.15, -0.1) is 0 Å². The van der Waals surface area contributed by atoms with E-state index in [2.05, 4.69) is 9.98 Å². The van der Waals surface area contributed by atoms with Crippen molar-refractivity contribution in [1.29, 1.82) is 0 Å². The van der Waals surface area contributed by atoms with E-state index in [0.29, 0.717) is 28.9 Å². The Balaban J connectivity index is 1.28. The molecule has 0 bridgehead atoms. The Kier molecular flexibility index (Phi) is 8.15. The van der Waals surface area contributed by atoms with E-state index in [0.717, 1.165) is 12.3 Å². The predicted molar refractivity (Wildman–Crippen MR) is 143 cm³/mol. The molecule has 2 aliphatic rings. The zero-order valence-corrected chi connectivity index (χ0v) is 22.7. The van der Waals surface area contributed by atoms with Gasteiger partial charge in [0, 0.05) is 51.1 Å². The van der Waals surface area contributed by atoms with Gasteiger partial charge in [-0.05, 0) is 49.4 Å². The molecule has 0 unspecified atom stereocenters. The lowest BCUT2D eigenvalue weighted by Gasteiger charge is -2.31. The number of imidazole rings is 1. The molecule has 2 aliphatic heterocycles. The monoisotopic (exact) mass is 592 g/mol. The highest BCUT2D eigenvalue weighted by Crippen LogP contribution is 2.33. The first-order valence-electron chi connectivity index (χ1n) is 13.6. The summed E-state index contributed by atoms with van der Waals surface area (Å²) in [4.78, 5) is 49.0. The number of aliphatic imine (C=N–C) groups is 1. The van der Waals surface area contributed by atoms with Crippen LogP contribution < -0.4 is 5.69 Å². The van der Waals surface area contributed by atoms with Crippen LogP contribution in [0, 0.1) is 17.6 Å². The summed E-state index contributed by atoms with van der Waals surface area (Å²) in [6.07, 6.45) is -1.02. The van der Waals surface area contributed by atoms with E-state index in [9.17, 15) is 36.3 Å². The normalized spacial score (nSPS) is 21.0. The van der Waals surface area contributed by atoms with Crippen LogP contribution in [0.3, 0.4) is 0 Å². The van der Waals surface area contributed by atoms with Crippen molar-refractivity contribution in [3.05, 3.63) is 64.2 Å². The second kappa shape index (κ2) is 11.6. The number of likely N-dealkylation sites (tertiary alicyclic amines) is 2. The summed E-state index contributed by atoms with van der Waals surface area (Å²) in [5.41, 5.74) is 0.936. The number of alkyl halides is 3. The molecule has 4 heterocycles. The molecule has 9 nitrogen and oxygen atoms in total. The molecule has 2 aromatic heterocycles. The Labute approximate surface area is 237 Å². The minimum atomic E-state index is -4.71. The Hall–Kier alpha value is -4.10. The van der Waals surface area contributed by atoms with Crippen LogP contribution in [0.5, 0.6) is 0 Å². The van der Waals surface area contributed by atoms with E-state index >= 15 is 0 Å². The fourth-order valence-corrected chi connectivity index (χ4v) is 5.87. The van der Waals surface area contributed by atoms with Gasteiger partial charge in [-0.1, -0.05) is 12.1 Å². The number of carbonyl (C=O) groups excluding carboxylic acids is 2. The van der Waals surface area contributed by atoms with E-state index in [1.165, 1.54) is 21.6 Å². The molecular formula is C28H29F5N6O3. The molecule has 0 N–H and O–H groups in total. The number of rotatable bonds is 4. The number of hydrogen-bond donors (Lipinski definition) is 0. The molecule has 3 aromatic rings. The van der Waals surface area contributed by atoms with Crippen LogP contribution in [0.4, 0.5) is 26.7 Å². The standard InChI is InChI=1S/C28H29F5N6O3/c1-36-24-22(6-3-11-34-24)39(27(36)42)19-9-12-37(13-10-19)26(41)35-14-17-7-8-18(20-4-2-5-21(29)23(20)30)15-38(25(17)40)16-28(31,32)33/h2-6,11,14,17-19H,7-10,12-13,15-16H2,1H3/b35-14+/t17-,18+/m0/s1. The summed E-state index contributed by atoms with van der Waals surface area (Å²) in [6.45, 7) is -1.45. The average Bonchev–Trinajstić information content (AvgIpc) is 3.11. The van der Waals surface area contributed by atoms with E-state index < -0.39 is 54.7 Å². The first kappa shape index (κ1) is 29.4. The van der Waals surface area contributed by atoms with Gasteiger partial charge in [0.1, 0.15) is 6.54 Å². The van der Waals surface area contributed by atoms with Crippen LogP contribution in [0.2, 0.25) is 0 Å². The summed E-state index contributed by atoms with van der Waals surface area (Å²) in [6, 6.07) is 6.21. The van der Waals surface area contributed by atoms with Crippen molar-refractivity contribution in [2.24, 2.45) is 18.0 Å². The third kappa shape index (κ3) is 5.93. The first-order chi connectivity index (χ1) is 19.9. The molecule has 14 heteroatoms. The fourth-order valence-electron chi connectivity index (χ4n) is 5.87. The topological polar surface area (TPSA) is 92.8 Å². The Morgan fingerprint density at radius 1 is 1.07 bits per heavy atom. The maximum Gasteiger partial charge on any atom is 0.406 e. The number of amides is 3. The second-order valence-corrected chi connectivity index (χ2v) is 10.7. The van der Waals surface area contributed by atoms with Crippen LogP contribution in [0.15, 0.2) is 46.3 Å². The minimum absolute atomic E-state index is 0.00466. The highest BCUT2D eigenvalue weighted by molar-refractivity contribution is 5.97. The van der Waals surface area contributed by atoms with Gasteiger partial charge in [-0.25, -0.2) is 28.3 Å². The first-order valence-corrected chi connectivity index (χ1v) is 13.6. The summed E-state index contributed by atoms with van der Waals surface area (Å²) in [5.74, 6) is -5.18. The lowest BCUT2D eigenvalue weighted by molar-refractivity contribution is -0.162. The summed E-state index contributed by atoms with van der Waals surface area (Å²) >= 11 is 0. The van der Waals surface area contributed by atoms with Crippen molar-refractivity contribution in [3.8, 4) is 0 Å². The number of hydrogen-bond acceptors (Lipinski definition) is 4. The minimum Gasteiger partial charge on any atom is -0.332 e. The summed E-state index contributed by atoms with van der Waals surface area (Å²) < 4.78 is 71.4. The molecule has 0 saturated carbocycles. The maximum absolute atomic E-state index is 14.5. The van der Waals surface area contributed by atoms with Crippen LogP contribution >= 0.6 is 0 Å². The molecular weight excluding hydrogens is 563 g/mol. The molecule has 2 atom stereocenters. The maximum atomic E-state index is 14.5. The van der Waals surface area contributed by atoms with Gasteiger partial charge in [0.05, 0.1) is 11.4 Å². The molecule has 0 aliphatic carbocycles. The van der Waals surface area contributed by atoms with Crippen LogP contribution in [-0.4, -0.2) is 74.4 Å². The van der Waals surface area contributed by atoms with Gasteiger partial charge in [-0.2, -0.15) is 13.2 Å². The van der Waals surface area contributed by atoms with E-state index in [1.54, 1.807) is 23.9 Å². The number of urea groups is 1. The fraction of sp³-hybridized carbons (Fsp3) is 0.464. The Morgan fingerprint density at radius 2 is 1.81 bits per heavy atom. The summed E-state index contributed by atoms with van der Waals surface area (Å²) in [5, 5.41) is 0. The van der Waals surface area contributed by atoms with E-state index in [1.807, 2.05) is 6.07 Å². The SMILES string of the molecule is Cn1c(=O)n(C2CCN(C(=O)/N=C/[C@@H]3CC[C@@H](c4cccc(F)c4F)CN(CC(F)(F)F)C3=O)CC2)c2cccnc21. The number of aromatic nitrogens is 3. The second-order valence-electron chi connectivity index (χ2n) is 10.7. The van der Waals surface area contributed by atoms with Crippen LogP contribution in [0.1, 0.15) is 43.2 Å². The zero-order valence-electron chi connectivity index (χ0n) is 22.7. The number of piperidine rings is 1. The van der Waals surface area contributed by atoms with Crippen molar-refractivity contribution in [2.75, 3.05) is 26.2 Å². The van der Waals surface area contributed by atoms with Gasteiger partial charge in [0.2, 0.25) is 5.91 Å². The van der Waals surface area contributed by atoms with Crippen LogP contribution in [0.25, 0.3) is 11.2 Å². The number of carbonyl (C=O) groups is 2. The molecule has 0 spiro atoms. The largest absolute Gasteiger partial charge is 0.406 e. The number of halogens is 5. The lowest BCUT2D eigenvalue weighted by atomic mass is 9.92. The molecule has 42 heavy (non-hydrogen) atoms. The van der Waals surface area contributed by atoms with E-state index in [-0.39, 0.29) is 43.2 Å². The summed E-state index contributed by atoms with van der Waals surface area (Å²) in [7, 11) is 1.64. The van der Waals surface area contributed by atoms with E-state index in [4.69, 9.17) is 0 Å². The molecule has 2 saturated heterocycles. The number of nitrogens with zero attached hydrogens (tertiary/aromatic N) is 6. The van der Waals surface area contributed by atoms with Gasteiger partial charge < -0.3 is 9.80 Å². The molecule has 2 fully saturated rings. The number of fused-ring (bicyclic) bond motifs is 1. The third-order valence-corrected chi connectivity index (χ3v) is 7.99. The van der Waals surface area contributed by atoms with Crippen molar-refractivity contribution in [3.63, 3.8) is 0 Å². The number of aryl methyl sites for hydroxylation is 1. The number of benzene rings is 1. The smallest absolute Gasteiger partial charge is 0.332 e. The van der Waals surface area contributed by atoms with Crippen molar-refractivity contribution >= 4 is 29.3 Å². The number of pyridine rings is 1. The van der Waals surface area contributed by atoms with Gasteiger partial charge in [-0.3, -0.25) is 13.9 Å². The Morgan fingerprint density at radius 3 is 2.52 bits per heavy atom. The van der Waals surface area contributed by atoms with Crippen molar-refractivity contribution in [2.45, 2.75) is 43.8 Å². The van der Waals surface area contributed by atoms with Gasteiger partial charge in [0.15, 0.2) is 17.3 Å². The highest BCUT2D eigenvalue weighted by atomic mass is 19.4. The van der Waals surface area contributed by atoms with Gasteiger partial charge in [0.25, 0.3) is 0 Å². The molecule has 5 rings (SSSR count). The van der Waals surface area contributed by atoms with Crippen molar-refractivity contribution < 1.29 is 31.5 Å². The molecule has 1 aromatic carbocycles. The third-order valence-electron chi connectivity index (χ3n) is 7.99. The zero-order chi connectivity index (χ0) is 30.2. The van der Waals surface area contributed by atoms with Crippen LogP contribution in [-0.2, 0) is 11.8 Å². The molecule has 0 radical (unpaired) electrons. The molecule has 3 amide bonds. The molecule has 224 valence electrons. The average molecular weight is 593 g/mol.